The molecule has 0 spiro atoms. The van der Waals surface area contributed by atoms with Crippen LogP contribution in [0.1, 0.15) is 23.2 Å². The summed E-state index contributed by atoms with van der Waals surface area (Å²) >= 11 is 0. The highest BCUT2D eigenvalue weighted by Crippen LogP contribution is 2.24. The Labute approximate surface area is 125 Å². The number of nitrogens with one attached hydrogen (secondary N) is 2. The Bertz CT molecular complexity index is 500. The van der Waals surface area contributed by atoms with Crippen molar-refractivity contribution >= 4 is 11.6 Å². The number of nitrogens with zero attached hydrogens (tertiary/aromatic N) is 1. The minimum atomic E-state index is -0.00625. The molecule has 2 atom stereocenters. The Morgan fingerprint density at radius 3 is 2.81 bits per heavy atom. The number of ether oxygens (including phenoxy) is 1. The molecule has 0 unspecified atom stereocenters. The maximum absolute atomic E-state index is 12.6. The van der Waals surface area contributed by atoms with Crippen LogP contribution in [-0.4, -0.2) is 51.3 Å². The second-order valence-corrected chi connectivity index (χ2v) is 5.72. The zero-order valence-corrected chi connectivity index (χ0v) is 12.5. The van der Waals surface area contributed by atoms with Crippen LogP contribution in [0.4, 0.5) is 5.69 Å². The van der Waals surface area contributed by atoms with Crippen molar-refractivity contribution in [2.24, 2.45) is 0 Å². The second-order valence-electron chi connectivity index (χ2n) is 5.72. The summed E-state index contributed by atoms with van der Waals surface area (Å²) in [7, 11) is 1.69. The normalized spacial score (nSPS) is 25.3. The summed E-state index contributed by atoms with van der Waals surface area (Å²) in [6.45, 7) is 3.62. The van der Waals surface area contributed by atoms with E-state index in [2.05, 4.69) is 15.5 Å². The zero-order valence-electron chi connectivity index (χ0n) is 12.5. The van der Waals surface area contributed by atoms with Crippen molar-refractivity contribution in [1.82, 2.24) is 10.6 Å². The van der Waals surface area contributed by atoms with Crippen LogP contribution in [0, 0.1) is 0 Å². The smallest absolute Gasteiger partial charge is 0.253 e. The molecule has 5 heteroatoms. The molecule has 114 valence electrons. The summed E-state index contributed by atoms with van der Waals surface area (Å²) in [5.41, 5.74) is 1.81. The molecule has 1 amide bonds. The van der Waals surface area contributed by atoms with Crippen LogP contribution >= 0.6 is 0 Å². The Morgan fingerprint density at radius 1 is 1.29 bits per heavy atom. The molecule has 0 aromatic heterocycles. The minimum absolute atomic E-state index is 0.00625. The third-order valence-corrected chi connectivity index (χ3v) is 4.37. The number of anilines is 1. The Balaban J connectivity index is 1.75. The number of amides is 1. The lowest BCUT2D eigenvalue weighted by atomic mass is 10.1. The maximum Gasteiger partial charge on any atom is 0.253 e. The Morgan fingerprint density at radius 2 is 2.05 bits per heavy atom. The van der Waals surface area contributed by atoms with Crippen molar-refractivity contribution < 1.29 is 9.53 Å². The third-order valence-electron chi connectivity index (χ3n) is 4.37. The highest BCUT2D eigenvalue weighted by Gasteiger charge is 2.29. The van der Waals surface area contributed by atoms with Crippen molar-refractivity contribution in [2.75, 3.05) is 38.2 Å². The lowest BCUT2D eigenvalue weighted by Gasteiger charge is -2.23. The molecule has 2 aliphatic heterocycles. The largest absolute Gasteiger partial charge is 0.378 e. The summed E-state index contributed by atoms with van der Waals surface area (Å²) < 4.78 is 5.40. The van der Waals surface area contributed by atoms with Gasteiger partial charge in [0.2, 0.25) is 0 Å². The second kappa shape index (κ2) is 6.45. The first-order valence-corrected chi connectivity index (χ1v) is 7.68. The van der Waals surface area contributed by atoms with E-state index in [4.69, 9.17) is 4.74 Å². The van der Waals surface area contributed by atoms with Crippen LogP contribution in [0.5, 0.6) is 0 Å². The first-order valence-electron chi connectivity index (χ1n) is 7.68. The van der Waals surface area contributed by atoms with Crippen LogP contribution in [0.15, 0.2) is 24.3 Å². The highest BCUT2D eigenvalue weighted by atomic mass is 16.5. The van der Waals surface area contributed by atoms with Gasteiger partial charge in [0, 0.05) is 39.0 Å². The number of carbonyl (C=O) groups is 1. The van der Waals surface area contributed by atoms with Crippen molar-refractivity contribution in [1.29, 1.82) is 0 Å². The average molecular weight is 289 g/mol. The molecule has 2 fully saturated rings. The van der Waals surface area contributed by atoms with Crippen LogP contribution in [0.2, 0.25) is 0 Å². The molecule has 5 nitrogen and oxygen atoms in total. The lowest BCUT2D eigenvalue weighted by molar-refractivity contribution is 0.0780. The molecule has 0 aliphatic carbocycles. The van der Waals surface area contributed by atoms with Gasteiger partial charge in [0.15, 0.2) is 0 Å². The summed E-state index contributed by atoms with van der Waals surface area (Å²) in [5.74, 6) is -0.00625. The molecular weight excluding hydrogens is 266 g/mol. The number of para-hydroxylation sites is 1. The van der Waals surface area contributed by atoms with E-state index >= 15 is 0 Å². The lowest BCUT2D eigenvalue weighted by Crippen LogP contribution is -2.43. The minimum Gasteiger partial charge on any atom is -0.378 e. The predicted molar refractivity (Wildman–Crippen MR) is 82.8 cm³/mol. The van der Waals surface area contributed by atoms with E-state index in [0.717, 1.165) is 37.4 Å². The number of carbonyl (C=O) groups excluding carboxylic acids is 1. The Kier molecular flexibility index (Phi) is 4.41. The van der Waals surface area contributed by atoms with Gasteiger partial charge in [-0.1, -0.05) is 12.1 Å². The van der Waals surface area contributed by atoms with E-state index in [0.29, 0.717) is 0 Å². The summed E-state index contributed by atoms with van der Waals surface area (Å²) in [5, 5.41) is 6.36. The fourth-order valence-electron chi connectivity index (χ4n) is 3.19. The fourth-order valence-corrected chi connectivity index (χ4v) is 3.19. The predicted octanol–water partition coefficient (Wildman–Crippen LogP) is 1.00. The van der Waals surface area contributed by atoms with Gasteiger partial charge in [0.1, 0.15) is 0 Å². The van der Waals surface area contributed by atoms with Crippen LogP contribution in [-0.2, 0) is 4.74 Å². The van der Waals surface area contributed by atoms with Gasteiger partial charge in [-0.05, 0) is 25.0 Å². The van der Waals surface area contributed by atoms with Gasteiger partial charge in [-0.25, -0.2) is 0 Å². The number of hydrogen-bond donors (Lipinski definition) is 2. The molecule has 0 saturated carbocycles. The Hall–Kier alpha value is -1.59. The molecule has 1 aromatic carbocycles. The molecule has 21 heavy (non-hydrogen) atoms. The molecule has 1 aromatic rings. The molecule has 2 heterocycles. The first kappa shape index (κ1) is 14.4. The first-order chi connectivity index (χ1) is 10.3. The van der Waals surface area contributed by atoms with Gasteiger partial charge in [0.25, 0.3) is 5.91 Å². The topological polar surface area (TPSA) is 53.6 Å². The quantitative estimate of drug-likeness (QED) is 0.868. The summed E-state index contributed by atoms with van der Waals surface area (Å²) in [6.07, 6.45) is 2.45. The molecule has 3 rings (SSSR count). The fraction of sp³-hybridized carbons (Fsp3) is 0.562. The van der Waals surface area contributed by atoms with E-state index in [-0.39, 0.29) is 18.1 Å². The summed E-state index contributed by atoms with van der Waals surface area (Å²) in [4.78, 5) is 14.9. The SMILES string of the molecule is CO[C@H]1CNC[C@@H]1NC(=O)c1ccccc1N1CCCC1. The van der Waals surface area contributed by atoms with Gasteiger partial charge in [0.05, 0.1) is 17.7 Å². The monoisotopic (exact) mass is 289 g/mol. The van der Waals surface area contributed by atoms with Crippen molar-refractivity contribution in [3.05, 3.63) is 29.8 Å². The van der Waals surface area contributed by atoms with Crippen molar-refractivity contribution in [3.8, 4) is 0 Å². The van der Waals surface area contributed by atoms with Crippen LogP contribution in [0.25, 0.3) is 0 Å². The van der Waals surface area contributed by atoms with E-state index < -0.39 is 0 Å². The van der Waals surface area contributed by atoms with Gasteiger partial charge < -0.3 is 20.3 Å². The highest BCUT2D eigenvalue weighted by molar-refractivity contribution is 6.00. The summed E-state index contributed by atoms with van der Waals surface area (Å²) in [6, 6.07) is 7.91. The number of rotatable bonds is 4. The molecule has 0 bridgehead atoms. The van der Waals surface area contributed by atoms with Crippen molar-refractivity contribution in [2.45, 2.75) is 25.0 Å². The molecule has 0 radical (unpaired) electrons. The number of methoxy groups -OCH3 is 1. The molecular formula is C16H23N3O2. The van der Waals surface area contributed by atoms with Crippen molar-refractivity contribution in [3.63, 3.8) is 0 Å². The zero-order chi connectivity index (χ0) is 14.7. The molecule has 2 N–H and O–H groups in total. The van der Waals surface area contributed by atoms with E-state index in [1.807, 2.05) is 24.3 Å². The van der Waals surface area contributed by atoms with Gasteiger partial charge in [-0.15, -0.1) is 0 Å². The van der Waals surface area contributed by atoms with Crippen LogP contribution in [0.3, 0.4) is 0 Å². The van der Waals surface area contributed by atoms with E-state index in [1.165, 1.54) is 12.8 Å². The van der Waals surface area contributed by atoms with Gasteiger partial charge in [-0.3, -0.25) is 4.79 Å². The maximum atomic E-state index is 12.6. The molecule has 2 saturated heterocycles. The van der Waals surface area contributed by atoms with E-state index in [9.17, 15) is 4.79 Å². The van der Waals surface area contributed by atoms with Gasteiger partial charge in [-0.2, -0.15) is 0 Å². The average Bonchev–Trinajstić information content (AvgIpc) is 3.18. The molecule has 2 aliphatic rings. The van der Waals surface area contributed by atoms with E-state index in [1.54, 1.807) is 7.11 Å². The number of hydrogen-bond acceptors (Lipinski definition) is 4. The third kappa shape index (κ3) is 3.04. The van der Waals surface area contributed by atoms with Crippen LogP contribution < -0.4 is 15.5 Å². The standard InChI is InChI=1S/C16H23N3O2/c1-21-15-11-17-10-13(15)18-16(20)12-6-2-3-7-14(12)19-8-4-5-9-19/h2-3,6-7,13,15,17H,4-5,8-11H2,1H3,(H,18,20)/t13-,15-/m0/s1. The number of benzene rings is 1. The van der Waals surface area contributed by atoms with Gasteiger partial charge >= 0.3 is 0 Å².